The lowest BCUT2D eigenvalue weighted by molar-refractivity contribution is -0.129. The van der Waals surface area contributed by atoms with E-state index in [1.807, 2.05) is 48.5 Å². The topological polar surface area (TPSA) is 98.7 Å². The highest BCUT2D eigenvalue weighted by Crippen LogP contribution is 2.38. The highest BCUT2D eigenvalue weighted by Gasteiger charge is 2.29. The van der Waals surface area contributed by atoms with E-state index in [0.29, 0.717) is 35.6 Å². The van der Waals surface area contributed by atoms with Crippen molar-refractivity contribution in [3.8, 4) is 0 Å². The first-order chi connectivity index (χ1) is 15.9. The van der Waals surface area contributed by atoms with Gasteiger partial charge in [0.25, 0.3) is 5.91 Å². The van der Waals surface area contributed by atoms with Crippen LogP contribution in [0, 0.1) is 0 Å². The van der Waals surface area contributed by atoms with Crippen LogP contribution in [0.2, 0.25) is 0 Å². The zero-order valence-electron chi connectivity index (χ0n) is 17.9. The van der Waals surface area contributed by atoms with E-state index in [1.54, 1.807) is 17.9 Å². The van der Waals surface area contributed by atoms with Crippen LogP contribution < -0.4 is 10.6 Å². The molecule has 0 spiro atoms. The zero-order chi connectivity index (χ0) is 23.1. The van der Waals surface area contributed by atoms with Gasteiger partial charge in [-0.25, -0.2) is 4.79 Å². The van der Waals surface area contributed by atoms with Gasteiger partial charge < -0.3 is 20.6 Å². The number of carboxylic acid groups (broad SMARTS) is 1. The standard InChI is InChI=1S/C26H21N3O4/c1-15(30)29-13-18-7-9-20(11-19(18)14-29)27-24(16-5-3-2-4-6-16)23-21-10-8-17(26(32)33)12-22(21)28-25(23)31/h2-12,27H,13-14H2,1H3,(H,28,31)(H,32,33)/b24-23-. The molecule has 0 unspecified atom stereocenters. The predicted molar refractivity (Wildman–Crippen MR) is 125 cm³/mol. The largest absolute Gasteiger partial charge is 0.478 e. The molecule has 2 aliphatic rings. The molecule has 2 aliphatic heterocycles. The summed E-state index contributed by atoms with van der Waals surface area (Å²) in [5, 5.41) is 15.5. The van der Waals surface area contributed by atoms with Crippen molar-refractivity contribution in [3.05, 3.63) is 94.5 Å². The lowest BCUT2D eigenvalue weighted by Gasteiger charge is -2.15. The van der Waals surface area contributed by atoms with Crippen LogP contribution in [-0.2, 0) is 22.7 Å². The number of aromatic carboxylic acids is 1. The van der Waals surface area contributed by atoms with Gasteiger partial charge in [-0.15, -0.1) is 0 Å². The number of benzene rings is 3. The molecule has 7 nitrogen and oxygen atoms in total. The molecular weight excluding hydrogens is 418 g/mol. The Morgan fingerprint density at radius 1 is 0.939 bits per heavy atom. The predicted octanol–water partition coefficient (Wildman–Crippen LogP) is 4.18. The molecule has 0 atom stereocenters. The van der Waals surface area contributed by atoms with Crippen molar-refractivity contribution in [2.45, 2.75) is 20.0 Å². The normalized spacial score (nSPS) is 15.5. The van der Waals surface area contributed by atoms with Crippen molar-refractivity contribution < 1.29 is 19.5 Å². The van der Waals surface area contributed by atoms with Gasteiger partial charge in [-0.05, 0) is 41.0 Å². The van der Waals surface area contributed by atoms with Crippen molar-refractivity contribution in [2.24, 2.45) is 0 Å². The minimum atomic E-state index is -1.05. The molecule has 3 aromatic rings. The third-order valence-electron chi connectivity index (χ3n) is 5.97. The summed E-state index contributed by atoms with van der Waals surface area (Å²) < 4.78 is 0. The molecule has 0 bridgehead atoms. The summed E-state index contributed by atoms with van der Waals surface area (Å²) >= 11 is 0. The van der Waals surface area contributed by atoms with Crippen LogP contribution in [0.3, 0.4) is 0 Å². The molecule has 0 saturated carbocycles. The molecule has 33 heavy (non-hydrogen) atoms. The lowest BCUT2D eigenvalue weighted by Crippen LogP contribution is -2.21. The summed E-state index contributed by atoms with van der Waals surface area (Å²) in [5.74, 6) is -1.32. The minimum absolute atomic E-state index is 0.0350. The second-order valence-electron chi connectivity index (χ2n) is 8.12. The summed E-state index contributed by atoms with van der Waals surface area (Å²) in [7, 11) is 0. The average Bonchev–Trinajstić information content (AvgIpc) is 3.37. The van der Waals surface area contributed by atoms with Crippen LogP contribution in [0.25, 0.3) is 11.3 Å². The highest BCUT2D eigenvalue weighted by atomic mass is 16.4. The summed E-state index contributed by atoms with van der Waals surface area (Å²) in [5.41, 5.74) is 6.08. The number of fused-ring (bicyclic) bond motifs is 2. The van der Waals surface area contributed by atoms with Crippen LogP contribution >= 0.6 is 0 Å². The van der Waals surface area contributed by atoms with Crippen molar-refractivity contribution in [1.82, 2.24) is 4.90 Å². The van der Waals surface area contributed by atoms with E-state index < -0.39 is 5.97 Å². The van der Waals surface area contributed by atoms with Gasteiger partial charge in [-0.1, -0.05) is 42.5 Å². The van der Waals surface area contributed by atoms with Crippen molar-refractivity contribution in [2.75, 3.05) is 10.6 Å². The van der Waals surface area contributed by atoms with E-state index in [0.717, 1.165) is 22.4 Å². The molecule has 2 heterocycles. The van der Waals surface area contributed by atoms with E-state index in [9.17, 15) is 19.5 Å². The number of hydrogen-bond donors (Lipinski definition) is 3. The van der Waals surface area contributed by atoms with Crippen molar-refractivity contribution in [1.29, 1.82) is 0 Å². The number of anilines is 2. The molecule has 5 rings (SSSR count). The Bertz CT molecular complexity index is 1340. The Labute approximate surface area is 190 Å². The lowest BCUT2D eigenvalue weighted by atomic mass is 9.98. The van der Waals surface area contributed by atoms with Crippen molar-refractivity contribution >= 4 is 40.4 Å². The minimum Gasteiger partial charge on any atom is -0.478 e. The number of carbonyl (C=O) groups is 3. The maximum absolute atomic E-state index is 13.0. The molecule has 7 heteroatoms. The maximum Gasteiger partial charge on any atom is 0.335 e. The molecule has 2 amide bonds. The summed E-state index contributed by atoms with van der Waals surface area (Å²) in [4.78, 5) is 37.9. The van der Waals surface area contributed by atoms with Gasteiger partial charge in [0.1, 0.15) is 0 Å². The van der Waals surface area contributed by atoms with Gasteiger partial charge in [-0.2, -0.15) is 0 Å². The van der Waals surface area contributed by atoms with Gasteiger partial charge in [0, 0.05) is 31.3 Å². The van der Waals surface area contributed by atoms with Crippen molar-refractivity contribution in [3.63, 3.8) is 0 Å². The molecule has 0 radical (unpaired) electrons. The summed E-state index contributed by atoms with van der Waals surface area (Å²) in [6.45, 7) is 2.72. The summed E-state index contributed by atoms with van der Waals surface area (Å²) in [6.07, 6.45) is 0. The monoisotopic (exact) mass is 439 g/mol. The number of nitrogens with one attached hydrogen (secondary N) is 2. The quantitative estimate of drug-likeness (QED) is 0.530. The van der Waals surface area contributed by atoms with E-state index >= 15 is 0 Å². The number of carbonyl (C=O) groups excluding carboxylic acids is 2. The number of rotatable bonds is 4. The van der Waals surface area contributed by atoms with E-state index in [1.165, 1.54) is 12.1 Å². The van der Waals surface area contributed by atoms with Gasteiger partial charge in [0.15, 0.2) is 0 Å². The Balaban J connectivity index is 1.59. The number of amides is 2. The number of hydrogen-bond acceptors (Lipinski definition) is 4. The molecule has 0 saturated heterocycles. The average molecular weight is 439 g/mol. The third kappa shape index (κ3) is 3.74. The number of nitrogens with zero attached hydrogens (tertiary/aromatic N) is 1. The fourth-order valence-corrected chi connectivity index (χ4v) is 4.28. The van der Waals surface area contributed by atoms with Gasteiger partial charge >= 0.3 is 5.97 Å². The van der Waals surface area contributed by atoms with Crippen LogP contribution in [-0.4, -0.2) is 27.8 Å². The van der Waals surface area contributed by atoms with Gasteiger partial charge in [0.05, 0.1) is 22.5 Å². The first-order valence-electron chi connectivity index (χ1n) is 10.5. The smallest absolute Gasteiger partial charge is 0.335 e. The van der Waals surface area contributed by atoms with Crippen LogP contribution in [0.15, 0.2) is 66.7 Å². The summed E-state index contributed by atoms with van der Waals surface area (Å²) in [6, 6.07) is 20.1. The van der Waals surface area contributed by atoms with Crippen LogP contribution in [0.1, 0.15) is 39.5 Å². The van der Waals surface area contributed by atoms with Crippen LogP contribution in [0.4, 0.5) is 11.4 Å². The zero-order valence-corrected chi connectivity index (χ0v) is 17.9. The number of carboxylic acids is 1. The molecule has 0 aliphatic carbocycles. The highest BCUT2D eigenvalue weighted by molar-refractivity contribution is 6.37. The Morgan fingerprint density at radius 2 is 1.70 bits per heavy atom. The maximum atomic E-state index is 13.0. The fourth-order valence-electron chi connectivity index (χ4n) is 4.28. The SMILES string of the molecule is CC(=O)N1Cc2ccc(N/C(=C3\C(=O)Nc4cc(C(=O)O)ccc43)c3ccccc3)cc2C1. The third-order valence-corrected chi connectivity index (χ3v) is 5.97. The molecule has 164 valence electrons. The van der Waals surface area contributed by atoms with E-state index in [-0.39, 0.29) is 17.4 Å². The van der Waals surface area contributed by atoms with E-state index in [4.69, 9.17) is 0 Å². The Kier molecular flexibility index (Phi) is 4.94. The van der Waals surface area contributed by atoms with E-state index in [2.05, 4.69) is 10.6 Å². The second kappa shape index (κ2) is 7.94. The fraction of sp³-hybridized carbons (Fsp3) is 0.115. The Hall–Kier alpha value is -4.39. The molecule has 3 aromatic carbocycles. The first kappa shape index (κ1) is 20.5. The molecule has 3 N–H and O–H groups in total. The second-order valence-corrected chi connectivity index (χ2v) is 8.12. The van der Waals surface area contributed by atoms with Gasteiger partial charge in [0.2, 0.25) is 5.91 Å². The first-order valence-corrected chi connectivity index (χ1v) is 10.5. The molecule has 0 fully saturated rings. The molecule has 0 aromatic heterocycles. The van der Waals surface area contributed by atoms with Gasteiger partial charge in [-0.3, -0.25) is 9.59 Å². The molecular formula is C26H21N3O4. The Morgan fingerprint density at radius 3 is 2.42 bits per heavy atom. The van der Waals surface area contributed by atoms with Crippen LogP contribution in [0.5, 0.6) is 0 Å².